The molecule has 1 aliphatic rings. The van der Waals surface area contributed by atoms with E-state index in [1.54, 1.807) is 0 Å². The van der Waals surface area contributed by atoms with Crippen LogP contribution in [0.1, 0.15) is 32.1 Å². The van der Waals surface area contributed by atoms with Crippen molar-refractivity contribution in [1.29, 1.82) is 0 Å². The summed E-state index contributed by atoms with van der Waals surface area (Å²) >= 11 is 0. The fourth-order valence-corrected chi connectivity index (χ4v) is 5.06. The normalized spacial score (nSPS) is 15.7. The van der Waals surface area contributed by atoms with Crippen LogP contribution in [0.25, 0.3) is 0 Å². The molecule has 2 nitrogen and oxygen atoms in total. The predicted molar refractivity (Wildman–Crippen MR) is 90.3 cm³/mol. The summed E-state index contributed by atoms with van der Waals surface area (Å²) in [5, 5.41) is 1.66. The minimum absolute atomic E-state index is 0.828. The Labute approximate surface area is 126 Å². The molecular formula is C18H20NOP. The summed E-state index contributed by atoms with van der Waals surface area (Å²) in [5.41, 5.74) is 1.12. The molecular weight excluding hydrogens is 277 g/mol. The van der Waals surface area contributed by atoms with Gasteiger partial charge in [0.2, 0.25) is 7.29 Å². The Morgan fingerprint density at radius 1 is 0.714 bits per heavy atom. The van der Waals surface area contributed by atoms with Crippen molar-refractivity contribution in [1.82, 2.24) is 0 Å². The van der Waals surface area contributed by atoms with E-state index in [0.717, 1.165) is 29.2 Å². The molecule has 1 fully saturated rings. The van der Waals surface area contributed by atoms with Crippen LogP contribution in [-0.2, 0) is 4.57 Å². The smallest absolute Gasteiger partial charge is 0.247 e. The zero-order chi connectivity index (χ0) is 14.5. The summed E-state index contributed by atoms with van der Waals surface area (Å²) in [7, 11) is -2.90. The van der Waals surface area contributed by atoms with Crippen molar-refractivity contribution in [3.05, 3.63) is 60.7 Å². The fraction of sp³-hybridized carbons (Fsp3) is 0.278. The average molecular weight is 297 g/mol. The summed E-state index contributed by atoms with van der Waals surface area (Å²) in [6.45, 7) is 0. The second-order valence-electron chi connectivity index (χ2n) is 5.47. The monoisotopic (exact) mass is 297 g/mol. The van der Waals surface area contributed by atoms with Crippen molar-refractivity contribution in [2.45, 2.75) is 32.1 Å². The molecule has 0 saturated heterocycles. The largest absolute Gasteiger partial charge is 0.288 e. The van der Waals surface area contributed by atoms with Crippen LogP contribution < -0.4 is 10.6 Å². The highest BCUT2D eigenvalue weighted by atomic mass is 31.2. The molecule has 21 heavy (non-hydrogen) atoms. The first-order valence-electron chi connectivity index (χ1n) is 7.58. The van der Waals surface area contributed by atoms with E-state index in [1.165, 1.54) is 19.3 Å². The van der Waals surface area contributed by atoms with Crippen LogP contribution in [0.5, 0.6) is 0 Å². The molecule has 3 heteroatoms. The van der Waals surface area contributed by atoms with Gasteiger partial charge in [-0.2, -0.15) is 0 Å². The van der Waals surface area contributed by atoms with Crippen LogP contribution in [-0.4, -0.2) is 5.71 Å². The summed E-state index contributed by atoms with van der Waals surface area (Å²) in [4.78, 5) is 0. The second-order valence-corrected chi connectivity index (χ2v) is 7.86. The molecule has 0 aliphatic heterocycles. The Morgan fingerprint density at radius 3 is 1.67 bits per heavy atom. The van der Waals surface area contributed by atoms with Crippen molar-refractivity contribution in [2.75, 3.05) is 0 Å². The van der Waals surface area contributed by atoms with E-state index in [2.05, 4.69) is 0 Å². The van der Waals surface area contributed by atoms with Gasteiger partial charge in [-0.3, -0.25) is 4.57 Å². The lowest BCUT2D eigenvalue weighted by molar-refractivity contribution is 0.587. The molecule has 0 bridgehead atoms. The second kappa shape index (κ2) is 6.41. The molecule has 108 valence electrons. The minimum Gasteiger partial charge on any atom is -0.288 e. The van der Waals surface area contributed by atoms with E-state index in [1.807, 2.05) is 60.7 Å². The average Bonchev–Trinajstić information content (AvgIpc) is 2.57. The molecule has 0 aromatic heterocycles. The number of nitrogens with zero attached hydrogens (tertiary/aromatic N) is 1. The molecule has 0 radical (unpaired) electrons. The van der Waals surface area contributed by atoms with Gasteiger partial charge < -0.3 is 0 Å². The standard InChI is InChI=1S/C18H20NOP/c20-21(17-12-6-2-7-13-17,18-14-8-3-9-15-18)19-16-10-4-1-5-11-16/h2-3,6-9,12-15H,1,4-5,10-11H2. The van der Waals surface area contributed by atoms with E-state index in [0.29, 0.717) is 0 Å². The topological polar surface area (TPSA) is 29.4 Å². The SMILES string of the molecule is O=P(N=C1CCCCC1)(c1ccccc1)c1ccccc1. The molecule has 2 aromatic carbocycles. The molecule has 0 heterocycles. The third kappa shape index (κ3) is 3.16. The van der Waals surface area contributed by atoms with E-state index >= 15 is 0 Å². The predicted octanol–water partition coefficient (Wildman–Crippen LogP) is 4.32. The van der Waals surface area contributed by atoms with Crippen molar-refractivity contribution in [2.24, 2.45) is 4.76 Å². The van der Waals surface area contributed by atoms with Crippen LogP contribution in [0.4, 0.5) is 0 Å². The van der Waals surface area contributed by atoms with Crippen molar-refractivity contribution in [3.63, 3.8) is 0 Å². The number of benzene rings is 2. The Morgan fingerprint density at radius 2 is 1.19 bits per heavy atom. The first kappa shape index (κ1) is 14.3. The number of hydrogen-bond acceptors (Lipinski definition) is 1. The third-order valence-electron chi connectivity index (χ3n) is 3.93. The van der Waals surface area contributed by atoms with Crippen molar-refractivity contribution < 1.29 is 4.57 Å². The van der Waals surface area contributed by atoms with Gasteiger partial charge in [0, 0.05) is 16.3 Å². The van der Waals surface area contributed by atoms with Gasteiger partial charge in [0.1, 0.15) is 0 Å². The molecule has 0 unspecified atom stereocenters. The Hall–Kier alpha value is -1.66. The zero-order valence-electron chi connectivity index (χ0n) is 12.1. The van der Waals surface area contributed by atoms with Gasteiger partial charge in [0.15, 0.2) is 0 Å². The van der Waals surface area contributed by atoms with Gasteiger partial charge in [-0.25, -0.2) is 4.76 Å². The Balaban J connectivity index is 2.09. The first-order chi connectivity index (χ1) is 10.3. The molecule has 0 spiro atoms. The lowest BCUT2D eigenvalue weighted by atomic mass is 9.99. The number of hydrogen-bond donors (Lipinski definition) is 0. The van der Waals surface area contributed by atoms with Gasteiger partial charge in [-0.15, -0.1) is 0 Å². The van der Waals surface area contributed by atoms with E-state index in [9.17, 15) is 4.57 Å². The maximum absolute atomic E-state index is 13.7. The molecule has 2 aromatic rings. The van der Waals surface area contributed by atoms with Crippen LogP contribution in [0.3, 0.4) is 0 Å². The third-order valence-corrected chi connectivity index (χ3v) is 6.49. The Bertz CT molecular complexity index is 613. The number of rotatable bonds is 3. The summed E-state index contributed by atoms with van der Waals surface area (Å²) in [6, 6.07) is 19.4. The molecule has 3 rings (SSSR count). The Kier molecular flexibility index (Phi) is 4.36. The lowest BCUT2D eigenvalue weighted by Crippen LogP contribution is -2.16. The van der Waals surface area contributed by atoms with Crippen molar-refractivity contribution >= 4 is 23.6 Å². The van der Waals surface area contributed by atoms with E-state index in [4.69, 9.17) is 4.76 Å². The quantitative estimate of drug-likeness (QED) is 0.776. The molecule has 0 atom stereocenters. The minimum atomic E-state index is -2.90. The lowest BCUT2D eigenvalue weighted by Gasteiger charge is -2.19. The molecule has 1 saturated carbocycles. The fourth-order valence-electron chi connectivity index (χ4n) is 2.78. The van der Waals surface area contributed by atoms with Crippen LogP contribution in [0.15, 0.2) is 65.4 Å². The van der Waals surface area contributed by atoms with Gasteiger partial charge >= 0.3 is 0 Å². The van der Waals surface area contributed by atoms with Gasteiger partial charge in [-0.05, 0) is 49.9 Å². The van der Waals surface area contributed by atoms with Crippen LogP contribution in [0, 0.1) is 0 Å². The summed E-state index contributed by atoms with van der Waals surface area (Å²) in [5.74, 6) is 0. The van der Waals surface area contributed by atoms with Crippen LogP contribution >= 0.6 is 7.29 Å². The molecule has 0 amide bonds. The zero-order valence-corrected chi connectivity index (χ0v) is 13.0. The van der Waals surface area contributed by atoms with Crippen molar-refractivity contribution in [3.8, 4) is 0 Å². The van der Waals surface area contributed by atoms with Gasteiger partial charge in [-0.1, -0.05) is 42.8 Å². The highest BCUT2D eigenvalue weighted by Crippen LogP contribution is 2.46. The van der Waals surface area contributed by atoms with Gasteiger partial charge in [0.25, 0.3) is 0 Å². The molecule has 0 N–H and O–H groups in total. The summed E-state index contributed by atoms with van der Waals surface area (Å²) < 4.78 is 18.5. The maximum atomic E-state index is 13.7. The van der Waals surface area contributed by atoms with E-state index < -0.39 is 7.29 Å². The maximum Gasteiger partial charge on any atom is 0.247 e. The highest BCUT2D eigenvalue weighted by Gasteiger charge is 2.27. The summed E-state index contributed by atoms with van der Waals surface area (Å²) in [6.07, 6.45) is 5.58. The van der Waals surface area contributed by atoms with Gasteiger partial charge in [0.05, 0.1) is 0 Å². The van der Waals surface area contributed by atoms with Crippen LogP contribution in [0.2, 0.25) is 0 Å². The molecule has 1 aliphatic carbocycles. The van der Waals surface area contributed by atoms with E-state index in [-0.39, 0.29) is 0 Å². The highest BCUT2D eigenvalue weighted by molar-refractivity contribution is 7.77. The first-order valence-corrected chi connectivity index (χ1v) is 9.24.